The maximum atomic E-state index is 13.8. The number of aryl methyl sites for hydroxylation is 1. The van der Waals surface area contributed by atoms with Crippen molar-refractivity contribution in [3.63, 3.8) is 0 Å². The molecule has 0 saturated carbocycles. The maximum absolute atomic E-state index is 13.8. The Labute approximate surface area is 181 Å². The van der Waals surface area contributed by atoms with E-state index in [4.69, 9.17) is 0 Å². The van der Waals surface area contributed by atoms with Gasteiger partial charge in [-0.2, -0.15) is 0 Å². The second-order valence-electron chi connectivity index (χ2n) is 7.47. The Bertz CT molecular complexity index is 1520. The predicted octanol–water partition coefficient (Wildman–Crippen LogP) is 4.81. The third-order valence-electron chi connectivity index (χ3n) is 5.44. The zero-order valence-electron chi connectivity index (χ0n) is 16.6. The summed E-state index contributed by atoms with van der Waals surface area (Å²) in [6.07, 6.45) is 0.576. The van der Waals surface area contributed by atoms with Gasteiger partial charge < -0.3 is 0 Å². The van der Waals surface area contributed by atoms with E-state index >= 15 is 0 Å². The van der Waals surface area contributed by atoms with Crippen LogP contribution in [0.15, 0.2) is 88.5 Å². The van der Waals surface area contributed by atoms with E-state index < -0.39 is 0 Å². The van der Waals surface area contributed by atoms with Gasteiger partial charge in [0.2, 0.25) is 0 Å². The lowest BCUT2D eigenvalue weighted by atomic mass is 10.1. The fraction of sp³-hybridized carbons (Fsp3) is 0.120. The molecule has 5 rings (SSSR count). The summed E-state index contributed by atoms with van der Waals surface area (Å²) >= 11 is 1.39. The monoisotopic (exact) mass is 430 g/mol. The number of halogens is 1. The van der Waals surface area contributed by atoms with Crippen molar-refractivity contribution < 1.29 is 4.39 Å². The number of aromatic nitrogens is 2. The van der Waals surface area contributed by atoms with E-state index in [1.807, 2.05) is 54.6 Å². The van der Waals surface area contributed by atoms with E-state index in [-0.39, 0.29) is 30.2 Å². The van der Waals surface area contributed by atoms with Crippen LogP contribution in [0.4, 0.5) is 4.39 Å². The van der Waals surface area contributed by atoms with Crippen LogP contribution in [-0.2, 0) is 19.5 Å². The highest BCUT2D eigenvalue weighted by Crippen LogP contribution is 2.31. The van der Waals surface area contributed by atoms with Crippen molar-refractivity contribution in [2.45, 2.75) is 19.5 Å². The van der Waals surface area contributed by atoms with Crippen molar-refractivity contribution in [2.24, 2.45) is 0 Å². The third-order valence-corrected chi connectivity index (χ3v) is 6.59. The number of rotatable bonds is 5. The lowest BCUT2D eigenvalue weighted by Gasteiger charge is -2.13. The Morgan fingerprint density at radius 3 is 2.35 bits per heavy atom. The van der Waals surface area contributed by atoms with Crippen molar-refractivity contribution in [3.8, 4) is 0 Å². The quantitative estimate of drug-likeness (QED) is 0.402. The number of thiophene rings is 1. The first-order valence-electron chi connectivity index (χ1n) is 10.0. The summed E-state index contributed by atoms with van der Waals surface area (Å²) in [5.41, 5.74) is 1.71. The summed E-state index contributed by atoms with van der Waals surface area (Å²) in [5, 5.41) is 0.864. The van der Waals surface area contributed by atoms with Crippen molar-refractivity contribution in [3.05, 3.63) is 117 Å². The van der Waals surface area contributed by atoms with Crippen molar-refractivity contribution >= 4 is 31.6 Å². The molecule has 0 saturated heterocycles. The Kier molecular flexibility index (Phi) is 5.00. The molecule has 0 unspecified atom stereocenters. The van der Waals surface area contributed by atoms with Gasteiger partial charge in [0, 0.05) is 16.6 Å². The number of fused-ring (bicyclic) bond motifs is 3. The normalized spacial score (nSPS) is 11.4. The first-order valence-corrected chi connectivity index (χ1v) is 10.9. The molecule has 0 fully saturated rings. The van der Waals surface area contributed by atoms with Gasteiger partial charge in [0.15, 0.2) is 0 Å². The van der Waals surface area contributed by atoms with Crippen molar-refractivity contribution in [1.82, 2.24) is 9.13 Å². The van der Waals surface area contributed by atoms with Crippen LogP contribution in [0.3, 0.4) is 0 Å². The highest BCUT2D eigenvalue weighted by molar-refractivity contribution is 7.25. The fourth-order valence-corrected chi connectivity index (χ4v) is 5.10. The van der Waals surface area contributed by atoms with Gasteiger partial charge in [-0.15, -0.1) is 11.3 Å². The molecule has 4 nitrogen and oxygen atoms in total. The molecule has 31 heavy (non-hydrogen) atoms. The summed E-state index contributed by atoms with van der Waals surface area (Å²) in [6, 6.07) is 23.7. The molecule has 0 aliphatic carbocycles. The molecule has 0 bridgehead atoms. The topological polar surface area (TPSA) is 44.0 Å². The van der Waals surface area contributed by atoms with Gasteiger partial charge in [-0.25, -0.2) is 9.18 Å². The molecule has 154 valence electrons. The second kappa shape index (κ2) is 7.96. The molecule has 0 aliphatic heterocycles. The molecule has 3 aromatic carbocycles. The minimum Gasteiger partial charge on any atom is -0.287 e. The Morgan fingerprint density at radius 1 is 0.806 bits per heavy atom. The largest absolute Gasteiger partial charge is 0.331 e. The van der Waals surface area contributed by atoms with E-state index in [1.165, 1.54) is 28.0 Å². The second-order valence-corrected chi connectivity index (χ2v) is 8.52. The molecule has 2 aromatic heterocycles. The SMILES string of the molecule is O=c1c2sc3ccccc3c2n(Cc2cccc(F)c2)c(=O)n1CCc1ccccc1. The molecule has 6 heteroatoms. The Hall–Kier alpha value is -3.51. The van der Waals surface area contributed by atoms with E-state index in [9.17, 15) is 14.0 Å². The summed E-state index contributed by atoms with van der Waals surface area (Å²) in [6.45, 7) is 0.481. The molecule has 0 N–H and O–H groups in total. The van der Waals surface area contributed by atoms with Gasteiger partial charge >= 0.3 is 5.69 Å². The molecule has 5 aromatic rings. The molecule has 0 atom stereocenters. The van der Waals surface area contributed by atoms with Crippen molar-refractivity contribution in [1.29, 1.82) is 0 Å². The molecule has 2 heterocycles. The summed E-state index contributed by atoms with van der Waals surface area (Å²) < 4.78 is 18.2. The number of hydrogen-bond donors (Lipinski definition) is 0. The predicted molar refractivity (Wildman–Crippen MR) is 123 cm³/mol. The molecular formula is C25H19FN2O2S. The Balaban J connectivity index is 1.71. The summed E-state index contributed by atoms with van der Waals surface area (Å²) in [7, 11) is 0. The van der Waals surface area contributed by atoms with Gasteiger partial charge in [-0.3, -0.25) is 13.9 Å². The number of benzene rings is 3. The minimum atomic E-state index is -0.374. The van der Waals surface area contributed by atoms with E-state index in [0.29, 0.717) is 22.2 Å². The Morgan fingerprint density at radius 2 is 1.55 bits per heavy atom. The van der Waals surface area contributed by atoms with Gasteiger partial charge in [-0.1, -0.05) is 60.7 Å². The van der Waals surface area contributed by atoms with Crippen LogP contribution in [-0.4, -0.2) is 9.13 Å². The zero-order valence-corrected chi connectivity index (χ0v) is 17.4. The molecule has 0 amide bonds. The average molecular weight is 431 g/mol. The van der Waals surface area contributed by atoms with Crippen molar-refractivity contribution in [2.75, 3.05) is 0 Å². The molecule has 0 aliphatic rings. The van der Waals surface area contributed by atoms with Crippen LogP contribution in [0.5, 0.6) is 0 Å². The smallest absolute Gasteiger partial charge is 0.287 e. The van der Waals surface area contributed by atoms with Crippen LogP contribution in [0.2, 0.25) is 0 Å². The summed E-state index contributed by atoms with van der Waals surface area (Å²) in [5.74, 6) is -0.352. The third kappa shape index (κ3) is 3.59. The molecule has 0 spiro atoms. The van der Waals surface area contributed by atoms with Gasteiger partial charge in [0.05, 0.1) is 12.1 Å². The first-order chi connectivity index (χ1) is 15.1. The number of hydrogen-bond acceptors (Lipinski definition) is 3. The zero-order chi connectivity index (χ0) is 21.4. The average Bonchev–Trinajstić information content (AvgIpc) is 3.17. The van der Waals surface area contributed by atoms with Crippen LogP contribution >= 0.6 is 11.3 Å². The fourth-order valence-electron chi connectivity index (χ4n) is 3.94. The highest BCUT2D eigenvalue weighted by Gasteiger charge is 2.18. The standard InChI is InChI=1S/C25H19FN2O2S/c26-19-10-6-9-18(15-19)16-28-22-20-11-4-5-12-21(20)31-23(22)24(29)27(25(28)30)14-13-17-7-2-1-3-8-17/h1-12,15H,13-14,16H2. The van der Waals surface area contributed by atoms with E-state index in [1.54, 1.807) is 16.7 Å². The highest BCUT2D eigenvalue weighted by atomic mass is 32.1. The lowest BCUT2D eigenvalue weighted by molar-refractivity contribution is 0.588. The van der Waals surface area contributed by atoms with Crippen LogP contribution in [0, 0.1) is 5.82 Å². The van der Waals surface area contributed by atoms with E-state index in [0.717, 1.165) is 15.6 Å². The maximum Gasteiger partial charge on any atom is 0.331 e. The summed E-state index contributed by atoms with van der Waals surface area (Å²) in [4.78, 5) is 26.8. The number of nitrogens with zero attached hydrogens (tertiary/aromatic N) is 2. The van der Waals surface area contributed by atoms with Gasteiger partial charge in [-0.05, 0) is 35.7 Å². The van der Waals surface area contributed by atoms with Crippen LogP contribution < -0.4 is 11.2 Å². The first kappa shape index (κ1) is 19.5. The minimum absolute atomic E-state index is 0.194. The lowest BCUT2D eigenvalue weighted by Crippen LogP contribution is -2.40. The molecular weight excluding hydrogens is 411 g/mol. The van der Waals surface area contributed by atoms with Crippen LogP contribution in [0.25, 0.3) is 20.3 Å². The van der Waals surface area contributed by atoms with Crippen LogP contribution in [0.1, 0.15) is 11.1 Å². The van der Waals surface area contributed by atoms with E-state index in [2.05, 4.69) is 0 Å². The molecule has 0 radical (unpaired) electrons. The van der Waals surface area contributed by atoms with Gasteiger partial charge in [0.25, 0.3) is 5.56 Å². The van der Waals surface area contributed by atoms with Gasteiger partial charge in [0.1, 0.15) is 10.5 Å².